The fraction of sp³-hybridized carbons (Fsp3) is 0.385. The van der Waals surface area contributed by atoms with Crippen LogP contribution in [0.4, 0.5) is 17.6 Å². The molecule has 104 valence electrons. The molecule has 0 radical (unpaired) electrons. The van der Waals surface area contributed by atoms with Crippen molar-refractivity contribution in [1.82, 2.24) is 0 Å². The predicted molar refractivity (Wildman–Crippen MR) is 60.4 cm³/mol. The molecule has 1 aliphatic rings. The Labute approximate surface area is 107 Å². The third-order valence-electron chi connectivity index (χ3n) is 2.82. The van der Waals surface area contributed by atoms with Crippen molar-refractivity contribution in [3.63, 3.8) is 0 Å². The molecule has 0 unspecified atom stereocenters. The summed E-state index contributed by atoms with van der Waals surface area (Å²) < 4.78 is 59.3. The third kappa shape index (κ3) is 3.70. The smallest absolute Gasteiger partial charge is 0.345 e. The van der Waals surface area contributed by atoms with Crippen LogP contribution in [0.25, 0.3) is 5.57 Å². The Hall–Kier alpha value is -1.56. The molecule has 0 aromatic heterocycles. The van der Waals surface area contributed by atoms with E-state index in [4.69, 9.17) is 4.74 Å². The highest BCUT2D eigenvalue weighted by atomic mass is 19.3. The molecule has 1 heterocycles. The van der Waals surface area contributed by atoms with Crippen LogP contribution in [0.15, 0.2) is 24.5 Å². The van der Waals surface area contributed by atoms with E-state index < -0.39 is 24.3 Å². The number of hydrogen-bond acceptors (Lipinski definition) is 2. The zero-order chi connectivity index (χ0) is 13.8. The van der Waals surface area contributed by atoms with E-state index in [1.54, 1.807) is 0 Å². The van der Waals surface area contributed by atoms with Gasteiger partial charge in [-0.05, 0) is 30.5 Å². The number of ether oxygens (including phenoxy) is 2. The van der Waals surface area contributed by atoms with E-state index >= 15 is 0 Å². The fourth-order valence-electron chi connectivity index (χ4n) is 1.87. The minimum atomic E-state index is -2.83. The van der Waals surface area contributed by atoms with Gasteiger partial charge in [-0.25, -0.2) is 8.78 Å². The van der Waals surface area contributed by atoms with Gasteiger partial charge in [-0.3, -0.25) is 0 Å². The molecule has 2 rings (SSSR count). The summed E-state index contributed by atoms with van der Waals surface area (Å²) in [6.45, 7) is -3.05. The zero-order valence-electron chi connectivity index (χ0n) is 9.91. The van der Waals surface area contributed by atoms with Crippen LogP contribution in [-0.4, -0.2) is 19.3 Å². The number of allylic oxidation sites excluding steroid dienone is 1. The van der Waals surface area contributed by atoms with Crippen molar-refractivity contribution in [2.45, 2.75) is 25.6 Å². The molecule has 0 saturated heterocycles. The summed E-state index contributed by atoms with van der Waals surface area (Å²) in [5.41, 5.74) is 0.834. The van der Waals surface area contributed by atoms with E-state index in [0.717, 1.165) is 12.1 Å². The minimum Gasteiger partial charge on any atom is -0.495 e. The summed E-state index contributed by atoms with van der Waals surface area (Å²) in [7, 11) is 0. The Bertz CT molecular complexity index is 474. The lowest BCUT2D eigenvalue weighted by Gasteiger charge is -2.23. The van der Waals surface area contributed by atoms with E-state index in [9.17, 15) is 17.6 Å². The molecule has 0 N–H and O–H groups in total. The molecule has 1 aromatic carbocycles. The molecule has 6 heteroatoms. The summed E-state index contributed by atoms with van der Waals surface area (Å²) in [5, 5.41) is 0. The Kier molecular flexibility index (Phi) is 4.42. The monoisotopic (exact) mass is 276 g/mol. The van der Waals surface area contributed by atoms with Gasteiger partial charge in [-0.2, -0.15) is 8.78 Å². The van der Waals surface area contributed by atoms with Gasteiger partial charge in [0.2, 0.25) is 0 Å². The molecule has 19 heavy (non-hydrogen) atoms. The molecule has 0 spiro atoms. The number of hydrogen-bond donors (Lipinski definition) is 0. The first-order valence-corrected chi connectivity index (χ1v) is 5.76. The van der Waals surface area contributed by atoms with E-state index in [0.29, 0.717) is 18.4 Å². The van der Waals surface area contributed by atoms with Crippen LogP contribution in [0.1, 0.15) is 18.4 Å². The van der Waals surface area contributed by atoms with Gasteiger partial charge < -0.3 is 9.47 Å². The molecule has 0 aliphatic carbocycles. The van der Waals surface area contributed by atoms with Gasteiger partial charge in [0.25, 0.3) is 0 Å². The molecule has 2 nitrogen and oxygen atoms in total. The number of rotatable bonds is 4. The lowest BCUT2D eigenvalue weighted by molar-refractivity contribution is -0.149. The van der Waals surface area contributed by atoms with Crippen LogP contribution in [0.5, 0.6) is 0 Å². The molecule has 1 aromatic rings. The quantitative estimate of drug-likeness (QED) is 0.780. The standard InChI is InChI=1S/C13H12F4O2/c14-9-2-4-11(12(15)5-9)8-1-3-10(18-6-8)7-19-13(16)17/h2,4-6,10,13H,1,3,7H2/t10-/m0/s1. The molecule has 0 bridgehead atoms. The van der Waals surface area contributed by atoms with Gasteiger partial charge in [0, 0.05) is 11.6 Å². The summed E-state index contributed by atoms with van der Waals surface area (Å²) in [5.74, 6) is -1.32. The van der Waals surface area contributed by atoms with E-state index in [2.05, 4.69) is 4.74 Å². The Morgan fingerprint density at radius 2 is 2.11 bits per heavy atom. The molecule has 0 saturated carbocycles. The van der Waals surface area contributed by atoms with Gasteiger partial charge in [0.15, 0.2) is 0 Å². The highest BCUT2D eigenvalue weighted by molar-refractivity contribution is 5.65. The van der Waals surface area contributed by atoms with Crippen molar-refractivity contribution in [1.29, 1.82) is 0 Å². The summed E-state index contributed by atoms with van der Waals surface area (Å²) in [6.07, 6.45) is 1.75. The first-order valence-electron chi connectivity index (χ1n) is 5.76. The van der Waals surface area contributed by atoms with Crippen LogP contribution < -0.4 is 0 Å². The second kappa shape index (κ2) is 6.06. The van der Waals surface area contributed by atoms with E-state index in [-0.39, 0.29) is 12.2 Å². The third-order valence-corrected chi connectivity index (χ3v) is 2.82. The van der Waals surface area contributed by atoms with Crippen LogP contribution in [-0.2, 0) is 9.47 Å². The zero-order valence-corrected chi connectivity index (χ0v) is 9.91. The first kappa shape index (κ1) is 13.9. The van der Waals surface area contributed by atoms with Crippen LogP contribution in [0.2, 0.25) is 0 Å². The van der Waals surface area contributed by atoms with Crippen LogP contribution >= 0.6 is 0 Å². The van der Waals surface area contributed by atoms with Gasteiger partial charge in [-0.15, -0.1) is 0 Å². The van der Waals surface area contributed by atoms with Crippen molar-refractivity contribution < 1.29 is 27.0 Å². The second-order valence-corrected chi connectivity index (χ2v) is 4.16. The SMILES string of the molecule is Fc1ccc(C2=CO[C@H](COC(F)F)CC2)c(F)c1. The van der Waals surface area contributed by atoms with Gasteiger partial charge in [0.1, 0.15) is 17.7 Å². The topological polar surface area (TPSA) is 18.5 Å². The summed E-state index contributed by atoms with van der Waals surface area (Å²) in [4.78, 5) is 0. The molecule has 1 aliphatic heterocycles. The van der Waals surface area contributed by atoms with Crippen LogP contribution in [0.3, 0.4) is 0 Å². The molecule has 0 fully saturated rings. The van der Waals surface area contributed by atoms with Gasteiger partial charge >= 0.3 is 6.61 Å². The van der Waals surface area contributed by atoms with Crippen molar-refractivity contribution >= 4 is 5.57 Å². The maximum Gasteiger partial charge on any atom is 0.345 e. The minimum absolute atomic E-state index is 0.215. The second-order valence-electron chi connectivity index (χ2n) is 4.16. The highest BCUT2D eigenvalue weighted by Gasteiger charge is 2.20. The number of benzene rings is 1. The molecule has 0 amide bonds. The largest absolute Gasteiger partial charge is 0.495 e. The maximum absolute atomic E-state index is 13.5. The van der Waals surface area contributed by atoms with E-state index in [1.165, 1.54) is 12.3 Å². The lowest BCUT2D eigenvalue weighted by atomic mass is 9.98. The van der Waals surface area contributed by atoms with Gasteiger partial charge in [0.05, 0.1) is 12.9 Å². The summed E-state index contributed by atoms with van der Waals surface area (Å²) in [6, 6.07) is 3.28. The highest BCUT2D eigenvalue weighted by Crippen LogP contribution is 2.28. The Balaban J connectivity index is 2.00. The predicted octanol–water partition coefficient (Wildman–Crippen LogP) is 3.72. The van der Waals surface area contributed by atoms with E-state index in [1.807, 2.05) is 0 Å². The van der Waals surface area contributed by atoms with Crippen LogP contribution in [0, 0.1) is 11.6 Å². The lowest BCUT2D eigenvalue weighted by Crippen LogP contribution is -2.22. The van der Waals surface area contributed by atoms with Crippen molar-refractivity contribution in [3.05, 3.63) is 41.7 Å². The average molecular weight is 276 g/mol. The molecule has 1 atom stereocenters. The Morgan fingerprint density at radius 3 is 2.68 bits per heavy atom. The summed E-state index contributed by atoms with van der Waals surface area (Å²) >= 11 is 0. The number of alkyl halides is 2. The van der Waals surface area contributed by atoms with Gasteiger partial charge in [-0.1, -0.05) is 0 Å². The number of halogens is 4. The van der Waals surface area contributed by atoms with Crippen molar-refractivity contribution in [2.24, 2.45) is 0 Å². The first-order chi connectivity index (χ1) is 9.06. The maximum atomic E-state index is 13.5. The normalized spacial score (nSPS) is 19.2. The van der Waals surface area contributed by atoms with Crippen molar-refractivity contribution in [3.8, 4) is 0 Å². The fourth-order valence-corrected chi connectivity index (χ4v) is 1.87. The molecular formula is C13H12F4O2. The molecular weight excluding hydrogens is 264 g/mol. The average Bonchev–Trinajstić information content (AvgIpc) is 2.37. The van der Waals surface area contributed by atoms with Crippen molar-refractivity contribution in [2.75, 3.05) is 6.61 Å². The Morgan fingerprint density at radius 1 is 1.32 bits per heavy atom.